The first-order chi connectivity index (χ1) is 19.1. The topological polar surface area (TPSA) is 141 Å². The largest absolute Gasteiger partial charge is 0.508 e. The lowest BCUT2D eigenvalue weighted by Gasteiger charge is -2.32. The van der Waals surface area contributed by atoms with E-state index in [-0.39, 0.29) is 34.8 Å². The van der Waals surface area contributed by atoms with Gasteiger partial charge in [-0.2, -0.15) is 5.10 Å². The van der Waals surface area contributed by atoms with Crippen LogP contribution in [0.2, 0.25) is 0 Å². The van der Waals surface area contributed by atoms with Crippen molar-refractivity contribution < 1.29 is 14.6 Å². The van der Waals surface area contributed by atoms with Crippen molar-refractivity contribution in [1.29, 1.82) is 10.8 Å². The highest BCUT2D eigenvalue weighted by molar-refractivity contribution is 5.89. The van der Waals surface area contributed by atoms with Gasteiger partial charge in [-0.1, -0.05) is 45.0 Å². The number of nitrogens with one attached hydrogen (secondary N) is 4. The molecule has 10 heteroatoms. The van der Waals surface area contributed by atoms with Gasteiger partial charge in [-0.05, 0) is 60.4 Å². The smallest absolute Gasteiger partial charge is 0.320 e. The summed E-state index contributed by atoms with van der Waals surface area (Å²) in [6.45, 7) is 6.18. The number of anilines is 1. The molecule has 2 aromatic carbocycles. The minimum atomic E-state index is -0.349. The average Bonchev–Trinajstić information content (AvgIpc) is 3.35. The quantitative estimate of drug-likeness (QED) is 0.165. The normalized spacial score (nSPS) is 16.6. The molecule has 0 bridgehead atoms. The highest BCUT2D eigenvalue weighted by Crippen LogP contribution is 2.38. The molecule has 40 heavy (non-hydrogen) atoms. The van der Waals surface area contributed by atoms with Crippen molar-refractivity contribution >= 4 is 18.2 Å². The fourth-order valence-electron chi connectivity index (χ4n) is 4.80. The van der Waals surface area contributed by atoms with E-state index >= 15 is 0 Å². The maximum atomic E-state index is 13.3. The Bertz CT molecular complexity index is 1600. The Morgan fingerprint density at radius 3 is 2.50 bits per heavy atom. The second-order valence-corrected chi connectivity index (χ2v) is 10.8. The standard InChI is InChI=1S/C30H33N7O3/c1-30(2,3)26-16-28(37(35-26)19-8-10-20(38)11-9-19)34-29(39)33-24-13-14-25(23-7-5-4-6-22(23)24)40-21-12-15-27(32)36(17-21)18-31/h4-12,15-18,24-25,31-32,38H,13-14H2,1-3H3,(H2,33,34,39)/t24-,25+/m0/s1. The number of carbonyl (C=O) groups excluding carboxylic acids is 1. The van der Waals surface area contributed by atoms with Crippen LogP contribution in [0, 0.1) is 10.8 Å². The zero-order chi connectivity index (χ0) is 28.4. The Morgan fingerprint density at radius 1 is 1.07 bits per heavy atom. The number of hydrogen-bond acceptors (Lipinski definition) is 6. The van der Waals surface area contributed by atoms with Gasteiger partial charge in [-0.3, -0.25) is 20.7 Å². The Morgan fingerprint density at radius 2 is 1.80 bits per heavy atom. The number of urea groups is 1. The number of aromatic nitrogens is 3. The zero-order valence-electron chi connectivity index (χ0n) is 22.7. The highest BCUT2D eigenvalue weighted by atomic mass is 16.5. The molecule has 0 radical (unpaired) electrons. The first-order valence-corrected chi connectivity index (χ1v) is 13.1. The van der Waals surface area contributed by atoms with Crippen LogP contribution in [0.5, 0.6) is 11.5 Å². The minimum Gasteiger partial charge on any atom is -0.508 e. The van der Waals surface area contributed by atoms with E-state index in [9.17, 15) is 9.90 Å². The van der Waals surface area contributed by atoms with Gasteiger partial charge in [0.15, 0.2) is 0 Å². The number of aromatic hydroxyl groups is 1. The molecule has 206 valence electrons. The number of rotatable bonds is 6. The van der Waals surface area contributed by atoms with Crippen LogP contribution in [0.3, 0.4) is 0 Å². The molecule has 0 aliphatic heterocycles. The van der Waals surface area contributed by atoms with E-state index in [1.165, 1.54) is 4.57 Å². The van der Waals surface area contributed by atoms with Gasteiger partial charge in [0, 0.05) is 11.5 Å². The average molecular weight is 540 g/mol. The molecule has 5 rings (SSSR count). The van der Waals surface area contributed by atoms with Gasteiger partial charge in [-0.25, -0.2) is 9.48 Å². The fourth-order valence-corrected chi connectivity index (χ4v) is 4.80. The molecule has 4 aromatic rings. The van der Waals surface area contributed by atoms with Crippen molar-refractivity contribution in [3.8, 4) is 17.2 Å². The van der Waals surface area contributed by atoms with E-state index in [0.29, 0.717) is 24.4 Å². The molecule has 5 N–H and O–H groups in total. The predicted molar refractivity (Wildman–Crippen MR) is 152 cm³/mol. The first kappa shape index (κ1) is 26.7. The molecule has 0 unspecified atom stereocenters. The Balaban J connectivity index is 1.35. The van der Waals surface area contributed by atoms with Gasteiger partial charge in [0.05, 0.1) is 30.0 Å². The van der Waals surface area contributed by atoms with Gasteiger partial charge < -0.3 is 15.2 Å². The number of benzene rings is 2. The number of phenolic OH excluding ortho intramolecular Hbond substituents is 1. The van der Waals surface area contributed by atoms with E-state index in [4.69, 9.17) is 20.7 Å². The number of fused-ring (bicyclic) bond motifs is 1. The predicted octanol–water partition coefficient (Wildman–Crippen LogP) is 5.39. The third kappa shape index (κ3) is 5.61. The van der Waals surface area contributed by atoms with Gasteiger partial charge in [-0.15, -0.1) is 0 Å². The minimum absolute atomic E-state index is 0.153. The maximum Gasteiger partial charge on any atom is 0.320 e. The van der Waals surface area contributed by atoms with Crippen LogP contribution < -0.4 is 20.9 Å². The number of nitrogens with zero attached hydrogens (tertiary/aromatic N) is 3. The Hall–Kier alpha value is -4.86. The van der Waals surface area contributed by atoms with Gasteiger partial charge >= 0.3 is 6.03 Å². The van der Waals surface area contributed by atoms with Crippen molar-refractivity contribution in [2.45, 2.75) is 51.2 Å². The van der Waals surface area contributed by atoms with Crippen molar-refractivity contribution in [2.75, 3.05) is 5.32 Å². The molecular formula is C30H33N7O3. The van der Waals surface area contributed by atoms with E-state index in [2.05, 4.69) is 31.4 Å². The Kier molecular flexibility index (Phi) is 7.17. The second kappa shape index (κ2) is 10.7. The van der Waals surface area contributed by atoms with Crippen molar-refractivity contribution in [1.82, 2.24) is 19.7 Å². The molecule has 1 aliphatic rings. The molecule has 2 heterocycles. The van der Waals surface area contributed by atoms with Crippen LogP contribution in [-0.2, 0) is 5.41 Å². The Labute approximate surface area is 232 Å². The van der Waals surface area contributed by atoms with Crippen LogP contribution in [0.4, 0.5) is 10.6 Å². The van der Waals surface area contributed by atoms with Gasteiger partial charge in [0.25, 0.3) is 0 Å². The van der Waals surface area contributed by atoms with Crippen LogP contribution in [-0.4, -0.2) is 31.8 Å². The lowest BCUT2D eigenvalue weighted by atomic mass is 9.85. The summed E-state index contributed by atoms with van der Waals surface area (Å²) in [7, 11) is 0. The lowest BCUT2D eigenvalue weighted by Crippen LogP contribution is -2.36. The summed E-state index contributed by atoms with van der Waals surface area (Å²) in [5, 5.41) is 35.9. The summed E-state index contributed by atoms with van der Waals surface area (Å²) in [5.74, 6) is 1.25. The van der Waals surface area contributed by atoms with E-state index in [1.54, 1.807) is 47.3 Å². The van der Waals surface area contributed by atoms with Crippen LogP contribution in [0.25, 0.3) is 5.69 Å². The molecule has 10 nitrogen and oxygen atoms in total. The SMILES string of the molecule is CC(C)(C)c1cc(NC(=O)N[C@H]2CC[C@@H](Oc3ccc(=N)n(C=N)c3)c3ccccc32)n(-c2ccc(O)cc2)n1. The van der Waals surface area contributed by atoms with Crippen molar-refractivity contribution in [2.24, 2.45) is 0 Å². The molecular weight excluding hydrogens is 506 g/mol. The summed E-state index contributed by atoms with van der Waals surface area (Å²) < 4.78 is 9.32. The molecule has 2 atom stereocenters. The number of hydrogen-bond donors (Lipinski definition) is 5. The molecule has 0 saturated heterocycles. The molecule has 2 aromatic heterocycles. The summed E-state index contributed by atoms with van der Waals surface area (Å²) in [5.41, 5.74) is 3.47. The second-order valence-electron chi connectivity index (χ2n) is 10.8. The first-order valence-electron chi connectivity index (χ1n) is 13.1. The van der Waals surface area contributed by atoms with Crippen molar-refractivity contribution in [3.63, 3.8) is 0 Å². The lowest BCUT2D eigenvalue weighted by molar-refractivity contribution is 0.171. The monoisotopic (exact) mass is 539 g/mol. The number of carbonyl (C=O) groups is 1. The molecule has 1 aliphatic carbocycles. The van der Waals surface area contributed by atoms with Crippen LogP contribution >= 0.6 is 0 Å². The maximum absolute atomic E-state index is 13.3. The molecule has 0 spiro atoms. The number of pyridine rings is 1. The molecule has 0 saturated carbocycles. The fraction of sp³-hybridized carbons (Fsp3) is 0.267. The van der Waals surface area contributed by atoms with Crippen LogP contribution in [0.1, 0.15) is 62.6 Å². The summed E-state index contributed by atoms with van der Waals surface area (Å²) in [6.07, 6.45) is 3.81. The molecule has 0 fully saturated rings. The number of amides is 2. The van der Waals surface area contributed by atoms with Crippen molar-refractivity contribution in [3.05, 3.63) is 95.2 Å². The van der Waals surface area contributed by atoms with E-state index in [0.717, 1.165) is 28.8 Å². The van der Waals surface area contributed by atoms with Gasteiger partial charge in [0.1, 0.15) is 28.9 Å². The third-order valence-electron chi connectivity index (χ3n) is 6.92. The third-order valence-corrected chi connectivity index (χ3v) is 6.92. The molecule has 2 amide bonds. The van der Waals surface area contributed by atoms with Crippen LogP contribution in [0.15, 0.2) is 72.9 Å². The van der Waals surface area contributed by atoms with E-state index < -0.39 is 0 Å². The number of ether oxygens (including phenoxy) is 1. The summed E-state index contributed by atoms with van der Waals surface area (Å²) >= 11 is 0. The van der Waals surface area contributed by atoms with Gasteiger partial charge in [0.2, 0.25) is 0 Å². The summed E-state index contributed by atoms with van der Waals surface area (Å²) in [6, 6.07) is 19.2. The zero-order valence-corrected chi connectivity index (χ0v) is 22.7. The summed E-state index contributed by atoms with van der Waals surface area (Å²) in [4.78, 5) is 13.3. The van der Waals surface area contributed by atoms with E-state index in [1.807, 2.05) is 30.3 Å². The highest BCUT2D eigenvalue weighted by Gasteiger charge is 2.30. The number of phenols is 1.